The third-order valence-electron chi connectivity index (χ3n) is 4.91. The van der Waals surface area contributed by atoms with Gasteiger partial charge in [-0.3, -0.25) is 10.1 Å². The van der Waals surface area contributed by atoms with Gasteiger partial charge in [-0.05, 0) is 18.6 Å². The third kappa shape index (κ3) is 4.48. The number of rotatable bonds is 6. The van der Waals surface area contributed by atoms with Crippen molar-refractivity contribution in [2.75, 3.05) is 14.2 Å². The number of ether oxygens (including phenoxy) is 3. The van der Waals surface area contributed by atoms with E-state index in [1.54, 1.807) is 37.4 Å². The van der Waals surface area contributed by atoms with Crippen LogP contribution in [-0.2, 0) is 20.0 Å². The molecule has 3 atom stereocenters. The van der Waals surface area contributed by atoms with Crippen LogP contribution in [-0.4, -0.2) is 32.3 Å². The van der Waals surface area contributed by atoms with E-state index in [1.807, 2.05) is 30.3 Å². The van der Waals surface area contributed by atoms with Gasteiger partial charge in [0.1, 0.15) is 6.10 Å². The molecular formula is C23H23NO5. The van der Waals surface area contributed by atoms with Gasteiger partial charge in [0.25, 0.3) is 5.91 Å². The minimum atomic E-state index is -1.46. The Morgan fingerprint density at radius 3 is 2.31 bits per heavy atom. The van der Waals surface area contributed by atoms with E-state index < -0.39 is 23.9 Å². The maximum atomic E-state index is 12.7. The lowest BCUT2D eigenvalue weighted by Crippen LogP contribution is -2.50. The number of alkyl carbamates (subject to hydrolysis) is 1. The summed E-state index contributed by atoms with van der Waals surface area (Å²) in [5.41, 5.74) is 0.992. The van der Waals surface area contributed by atoms with Crippen LogP contribution in [0.4, 0.5) is 4.79 Å². The monoisotopic (exact) mass is 393 g/mol. The zero-order valence-electron chi connectivity index (χ0n) is 16.4. The maximum absolute atomic E-state index is 12.7. The van der Waals surface area contributed by atoms with Crippen LogP contribution in [0.1, 0.15) is 28.8 Å². The summed E-state index contributed by atoms with van der Waals surface area (Å²) < 4.78 is 17.1. The largest absolute Gasteiger partial charge is 0.416 e. The predicted molar refractivity (Wildman–Crippen MR) is 107 cm³/mol. The molecule has 1 N–H and O–H groups in total. The van der Waals surface area contributed by atoms with Gasteiger partial charge in [0.15, 0.2) is 0 Å². The zero-order chi connectivity index (χ0) is 20.7. The van der Waals surface area contributed by atoms with E-state index in [-0.39, 0.29) is 5.92 Å². The molecule has 3 unspecified atom stereocenters. The van der Waals surface area contributed by atoms with Gasteiger partial charge < -0.3 is 14.2 Å². The highest BCUT2D eigenvalue weighted by molar-refractivity contribution is 6.02. The molecule has 1 aliphatic carbocycles. The fourth-order valence-electron chi connectivity index (χ4n) is 3.51. The molecule has 2 aromatic carbocycles. The lowest BCUT2D eigenvalue weighted by molar-refractivity contribution is -0.245. The number of amides is 2. The highest BCUT2D eigenvalue weighted by atomic mass is 16.7. The van der Waals surface area contributed by atoms with Crippen molar-refractivity contribution in [3.05, 3.63) is 71.8 Å². The number of nitrogens with one attached hydrogen (secondary N) is 1. The van der Waals surface area contributed by atoms with E-state index >= 15 is 0 Å². The van der Waals surface area contributed by atoms with E-state index in [4.69, 9.17) is 14.2 Å². The topological polar surface area (TPSA) is 73.9 Å². The number of hydrogen-bond donors (Lipinski definition) is 1. The molecule has 1 aliphatic rings. The van der Waals surface area contributed by atoms with Crippen LogP contribution >= 0.6 is 0 Å². The van der Waals surface area contributed by atoms with Crippen LogP contribution in [0, 0.1) is 17.8 Å². The Morgan fingerprint density at radius 1 is 1.03 bits per heavy atom. The third-order valence-corrected chi connectivity index (χ3v) is 4.91. The van der Waals surface area contributed by atoms with Crippen LogP contribution in [0.15, 0.2) is 60.7 Å². The van der Waals surface area contributed by atoms with Crippen molar-refractivity contribution in [1.82, 2.24) is 5.32 Å². The Balaban J connectivity index is 1.90. The zero-order valence-corrected chi connectivity index (χ0v) is 16.4. The molecular weight excluding hydrogens is 370 g/mol. The molecule has 2 amide bonds. The Hall–Kier alpha value is -3.14. The van der Waals surface area contributed by atoms with Gasteiger partial charge >= 0.3 is 6.09 Å². The van der Waals surface area contributed by atoms with Crippen molar-refractivity contribution >= 4 is 12.0 Å². The molecule has 0 heterocycles. The SMILES string of the molecule is COC1C#CCCC1C(OC)(OC(=O)NC(=O)c1ccccc1)c1ccccc1. The van der Waals surface area contributed by atoms with Crippen molar-refractivity contribution in [3.63, 3.8) is 0 Å². The molecule has 6 nitrogen and oxygen atoms in total. The second kappa shape index (κ2) is 9.37. The molecule has 3 rings (SSSR count). The first-order valence-electron chi connectivity index (χ1n) is 9.32. The maximum Gasteiger partial charge on any atom is 0.416 e. The van der Waals surface area contributed by atoms with Gasteiger partial charge in [0.2, 0.25) is 5.79 Å². The second-order valence-corrected chi connectivity index (χ2v) is 6.57. The predicted octanol–water partition coefficient (Wildman–Crippen LogP) is 3.48. The second-order valence-electron chi connectivity index (χ2n) is 6.57. The molecule has 29 heavy (non-hydrogen) atoms. The molecule has 0 bridgehead atoms. The molecule has 0 spiro atoms. The van der Waals surface area contributed by atoms with E-state index in [9.17, 15) is 9.59 Å². The van der Waals surface area contributed by atoms with Crippen LogP contribution in [0.25, 0.3) is 0 Å². The number of carbonyl (C=O) groups is 2. The normalized spacial score (nSPS) is 19.9. The Bertz CT molecular complexity index is 903. The number of imide groups is 1. The quantitative estimate of drug-likeness (QED) is 0.601. The molecule has 0 saturated carbocycles. The van der Waals surface area contributed by atoms with Crippen molar-refractivity contribution in [2.24, 2.45) is 5.92 Å². The number of hydrogen-bond acceptors (Lipinski definition) is 5. The summed E-state index contributed by atoms with van der Waals surface area (Å²) in [6, 6.07) is 17.6. The lowest BCUT2D eigenvalue weighted by atomic mass is 9.81. The number of benzene rings is 2. The Kier molecular flexibility index (Phi) is 6.65. The summed E-state index contributed by atoms with van der Waals surface area (Å²) in [5.74, 6) is 3.68. The van der Waals surface area contributed by atoms with Crippen LogP contribution in [0.2, 0.25) is 0 Å². The van der Waals surface area contributed by atoms with Gasteiger partial charge in [-0.25, -0.2) is 4.79 Å². The van der Waals surface area contributed by atoms with Crippen LogP contribution in [0.5, 0.6) is 0 Å². The van der Waals surface area contributed by atoms with E-state index in [2.05, 4.69) is 17.2 Å². The summed E-state index contributed by atoms with van der Waals surface area (Å²) in [7, 11) is 3.02. The minimum absolute atomic E-state index is 0.352. The van der Waals surface area contributed by atoms with Crippen molar-refractivity contribution < 1.29 is 23.8 Å². The van der Waals surface area contributed by atoms with Crippen molar-refractivity contribution in [2.45, 2.75) is 24.7 Å². The highest BCUT2D eigenvalue weighted by Crippen LogP contribution is 2.41. The van der Waals surface area contributed by atoms with E-state index in [1.165, 1.54) is 7.11 Å². The van der Waals surface area contributed by atoms with Crippen LogP contribution in [0.3, 0.4) is 0 Å². The average molecular weight is 393 g/mol. The Labute approximate surface area is 170 Å². The minimum Gasteiger partial charge on any atom is -0.412 e. The first-order valence-corrected chi connectivity index (χ1v) is 9.32. The molecule has 0 radical (unpaired) electrons. The van der Waals surface area contributed by atoms with E-state index in [0.717, 1.165) is 0 Å². The van der Waals surface area contributed by atoms with Gasteiger partial charge in [-0.2, -0.15) is 0 Å². The summed E-state index contributed by atoms with van der Waals surface area (Å²) in [4.78, 5) is 25.1. The first-order chi connectivity index (χ1) is 14.1. The fourth-order valence-corrected chi connectivity index (χ4v) is 3.51. The Morgan fingerprint density at radius 2 is 1.69 bits per heavy atom. The molecule has 0 aliphatic heterocycles. The van der Waals surface area contributed by atoms with Crippen molar-refractivity contribution in [3.8, 4) is 11.8 Å². The fraction of sp³-hybridized carbons (Fsp3) is 0.304. The molecule has 2 aromatic rings. The van der Waals surface area contributed by atoms with Gasteiger partial charge in [-0.15, -0.1) is 5.92 Å². The summed E-state index contributed by atoms with van der Waals surface area (Å²) in [6.45, 7) is 0. The van der Waals surface area contributed by atoms with E-state index in [0.29, 0.717) is 24.0 Å². The first kappa shape index (κ1) is 20.6. The molecule has 0 saturated heterocycles. The summed E-state index contributed by atoms with van der Waals surface area (Å²) >= 11 is 0. The standard InChI is InChI=1S/C23H23NO5/c1-27-20-16-10-9-15-19(20)23(28-2,18-13-7-4-8-14-18)29-22(26)24-21(25)17-11-5-3-6-12-17/h3-8,11-14,19-20H,9,15H2,1-2H3,(H,24,25,26). The average Bonchev–Trinajstić information content (AvgIpc) is 2.78. The van der Waals surface area contributed by atoms with Crippen LogP contribution < -0.4 is 5.32 Å². The number of methoxy groups -OCH3 is 2. The molecule has 0 fully saturated rings. The molecule has 6 heteroatoms. The van der Waals surface area contributed by atoms with Gasteiger partial charge in [-0.1, -0.05) is 54.5 Å². The highest BCUT2D eigenvalue weighted by Gasteiger charge is 2.49. The van der Waals surface area contributed by atoms with Gasteiger partial charge in [0, 0.05) is 31.8 Å². The summed E-state index contributed by atoms with van der Waals surface area (Å²) in [5, 5.41) is 2.27. The molecule has 0 aromatic heterocycles. The van der Waals surface area contributed by atoms with Gasteiger partial charge in [0.05, 0.1) is 5.92 Å². The summed E-state index contributed by atoms with van der Waals surface area (Å²) in [6.07, 6.45) is -0.163. The number of carbonyl (C=O) groups excluding carboxylic acids is 2. The molecule has 150 valence electrons. The lowest BCUT2D eigenvalue weighted by Gasteiger charge is -2.41. The smallest absolute Gasteiger partial charge is 0.412 e. The van der Waals surface area contributed by atoms with Crippen molar-refractivity contribution in [1.29, 1.82) is 0 Å².